The highest BCUT2D eigenvalue weighted by Gasteiger charge is 2.20. The number of carbonyl (C=O) groups excluding carboxylic acids is 1. The normalized spacial score (nSPS) is 14.0. The van der Waals surface area contributed by atoms with Crippen LogP contribution in [0.15, 0.2) is 66.9 Å². The first-order chi connectivity index (χ1) is 13.8. The molecule has 1 saturated heterocycles. The summed E-state index contributed by atoms with van der Waals surface area (Å²) in [4.78, 5) is 21.7. The predicted molar refractivity (Wildman–Crippen MR) is 108 cm³/mol. The fourth-order valence-electron chi connectivity index (χ4n) is 3.26. The van der Waals surface area contributed by atoms with E-state index in [0.717, 1.165) is 17.9 Å². The molecule has 0 N–H and O–H groups in total. The lowest BCUT2D eigenvalue weighted by Crippen LogP contribution is -2.46. The Labute approximate surface area is 164 Å². The Hall–Kier alpha value is -3.48. The van der Waals surface area contributed by atoms with Crippen LogP contribution in [0.4, 0.5) is 17.5 Å². The topological polar surface area (TPSA) is 65.5 Å². The lowest BCUT2D eigenvalue weighted by molar-refractivity contribution is -0.118. The van der Waals surface area contributed by atoms with E-state index in [0.29, 0.717) is 38.7 Å². The van der Waals surface area contributed by atoms with E-state index in [-0.39, 0.29) is 0 Å². The highest BCUT2D eigenvalue weighted by Crippen LogP contribution is 2.26. The van der Waals surface area contributed by atoms with Gasteiger partial charge in [0.15, 0.2) is 5.82 Å². The number of anilines is 3. The van der Waals surface area contributed by atoms with Crippen molar-refractivity contribution >= 4 is 23.9 Å². The molecule has 0 bridgehead atoms. The van der Waals surface area contributed by atoms with Gasteiger partial charge in [-0.1, -0.05) is 48.5 Å². The highest BCUT2D eigenvalue weighted by molar-refractivity contribution is 5.60. The molecular weight excluding hydrogens is 352 g/mol. The average Bonchev–Trinajstić information content (AvgIpc) is 2.79. The molecule has 28 heavy (non-hydrogen) atoms. The van der Waals surface area contributed by atoms with E-state index in [1.165, 1.54) is 5.56 Å². The quantitative estimate of drug-likeness (QED) is 0.618. The molecule has 0 aliphatic carbocycles. The van der Waals surface area contributed by atoms with E-state index in [1.54, 1.807) is 11.1 Å². The molecule has 0 radical (unpaired) electrons. The van der Waals surface area contributed by atoms with E-state index < -0.39 is 0 Å². The maximum absolute atomic E-state index is 10.9. The van der Waals surface area contributed by atoms with Gasteiger partial charge >= 0.3 is 0 Å². The summed E-state index contributed by atoms with van der Waals surface area (Å²) in [6, 6.07) is 20.4. The minimum atomic E-state index is 0.594. The van der Waals surface area contributed by atoms with Crippen molar-refractivity contribution in [2.75, 3.05) is 36.0 Å². The van der Waals surface area contributed by atoms with Gasteiger partial charge in [0, 0.05) is 38.4 Å². The number of hydrogen-bond acceptors (Lipinski definition) is 6. The maximum Gasteiger partial charge on any atom is 0.247 e. The van der Waals surface area contributed by atoms with Crippen LogP contribution in [0, 0.1) is 0 Å². The number of carbonyl (C=O) groups is 1. The number of para-hydroxylation sites is 1. The molecule has 0 unspecified atom stereocenters. The maximum atomic E-state index is 10.9. The van der Waals surface area contributed by atoms with Crippen LogP contribution in [0.1, 0.15) is 5.56 Å². The Morgan fingerprint density at radius 1 is 0.929 bits per heavy atom. The second kappa shape index (κ2) is 8.47. The third kappa shape index (κ3) is 4.09. The van der Waals surface area contributed by atoms with Crippen molar-refractivity contribution < 1.29 is 4.79 Å². The summed E-state index contributed by atoms with van der Waals surface area (Å²) in [5, 5.41) is 8.44. The third-order valence-corrected chi connectivity index (χ3v) is 4.81. The van der Waals surface area contributed by atoms with E-state index in [2.05, 4.69) is 44.3 Å². The summed E-state index contributed by atoms with van der Waals surface area (Å²) < 4.78 is 0. The van der Waals surface area contributed by atoms with Gasteiger partial charge in [0.2, 0.25) is 12.4 Å². The summed E-state index contributed by atoms with van der Waals surface area (Å²) in [5.41, 5.74) is 2.23. The zero-order valence-corrected chi connectivity index (χ0v) is 15.6. The smallest absolute Gasteiger partial charge is 0.247 e. The van der Waals surface area contributed by atoms with Gasteiger partial charge in [0.05, 0.1) is 6.20 Å². The molecule has 4 rings (SSSR count). The van der Waals surface area contributed by atoms with Crippen molar-refractivity contribution in [3.8, 4) is 0 Å². The summed E-state index contributed by atoms with van der Waals surface area (Å²) >= 11 is 0. The van der Waals surface area contributed by atoms with Crippen LogP contribution in [-0.2, 0) is 11.3 Å². The second-order valence-electron chi connectivity index (χ2n) is 6.65. The van der Waals surface area contributed by atoms with Crippen molar-refractivity contribution in [3.63, 3.8) is 0 Å². The summed E-state index contributed by atoms with van der Waals surface area (Å²) in [7, 11) is 0. The summed E-state index contributed by atoms with van der Waals surface area (Å²) in [6.07, 6.45) is 2.59. The van der Waals surface area contributed by atoms with Crippen molar-refractivity contribution in [1.29, 1.82) is 0 Å². The molecule has 1 fully saturated rings. The van der Waals surface area contributed by atoms with Crippen LogP contribution < -0.4 is 9.80 Å². The SMILES string of the molecule is O=CN1CCN(c2nncc(N(Cc3ccccc3)c3ccccc3)n2)CC1. The highest BCUT2D eigenvalue weighted by atomic mass is 16.1. The van der Waals surface area contributed by atoms with E-state index in [1.807, 2.05) is 36.4 Å². The lowest BCUT2D eigenvalue weighted by atomic mass is 10.2. The summed E-state index contributed by atoms with van der Waals surface area (Å²) in [6.45, 7) is 3.43. The van der Waals surface area contributed by atoms with Crippen LogP contribution >= 0.6 is 0 Å². The van der Waals surface area contributed by atoms with Gasteiger partial charge in [-0.25, -0.2) is 0 Å². The molecule has 0 spiro atoms. The van der Waals surface area contributed by atoms with Crippen molar-refractivity contribution in [3.05, 3.63) is 72.4 Å². The molecule has 0 saturated carbocycles. The first-order valence-corrected chi connectivity index (χ1v) is 9.34. The van der Waals surface area contributed by atoms with Crippen LogP contribution in [-0.4, -0.2) is 52.7 Å². The van der Waals surface area contributed by atoms with Crippen molar-refractivity contribution in [2.24, 2.45) is 0 Å². The number of amides is 1. The van der Waals surface area contributed by atoms with Crippen LogP contribution in [0.2, 0.25) is 0 Å². The van der Waals surface area contributed by atoms with Crippen molar-refractivity contribution in [1.82, 2.24) is 20.1 Å². The molecule has 1 aliphatic heterocycles. The molecule has 142 valence electrons. The minimum absolute atomic E-state index is 0.594. The fraction of sp³-hybridized carbons (Fsp3) is 0.238. The number of benzene rings is 2. The van der Waals surface area contributed by atoms with Gasteiger partial charge in [-0.15, -0.1) is 5.10 Å². The largest absolute Gasteiger partial charge is 0.342 e. The molecule has 1 aromatic heterocycles. The summed E-state index contributed by atoms with van der Waals surface area (Å²) in [5.74, 6) is 1.34. The average molecular weight is 374 g/mol. The number of piperazine rings is 1. The zero-order valence-electron chi connectivity index (χ0n) is 15.6. The first-order valence-electron chi connectivity index (χ1n) is 9.34. The number of aromatic nitrogens is 3. The van der Waals surface area contributed by atoms with Gasteiger partial charge in [-0.2, -0.15) is 10.1 Å². The number of hydrogen-bond donors (Lipinski definition) is 0. The van der Waals surface area contributed by atoms with Crippen LogP contribution in [0.5, 0.6) is 0 Å². The van der Waals surface area contributed by atoms with E-state index >= 15 is 0 Å². The Morgan fingerprint density at radius 3 is 2.29 bits per heavy atom. The lowest BCUT2D eigenvalue weighted by Gasteiger charge is -2.32. The monoisotopic (exact) mass is 374 g/mol. The molecule has 7 nitrogen and oxygen atoms in total. The van der Waals surface area contributed by atoms with Crippen LogP contribution in [0.3, 0.4) is 0 Å². The molecule has 3 aromatic rings. The Kier molecular flexibility index (Phi) is 5.42. The minimum Gasteiger partial charge on any atom is -0.342 e. The molecule has 7 heteroatoms. The standard InChI is InChI=1S/C21H22N6O/c28-17-25-11-13-26(14-12-25)21-23-20(15-22-24-21)27(19-9-5-2-6-10-19)16-18-7-3-1-4-8-18/h1-10,15,17H,11-14,16H2. The van der Waals surface area contributed by atoms with Gasteiger partial charge in [0.1, 0.15) is 0 Å². The van der Waals surface area contributed by atoms with Gasteiger partial charge < -0.3 is 14.7 Å². The predicted octanol–water partition coefficient (Wildman–Crippen LogP) is 2.49. The Balaban J connectivity index is 1.62. The van der Waals surface area contributed by atoms with E-state index in [4.69, 9.17) is 4.98 Å². The molecule has 1 amide bonds. The van der Waals surface area contributed by atoms with E-state index in [9.17, 15) is 4.79 Å². The second-order valence-corrected chi connectivity index (χ2v) is 6.65. The Morgan fingerprint density at radius 2 is 1.61 bits per heavy atom. The van der Waals surface area contributed by atoms with Crippen LogP contribution in [0.25, 0.3) is 0 Å². The first kappa shape index (κ1) is 17.9. The van der Waals surface area contributed by atoms with Gasteiger partial charge in [-0.3, -0.25) is 4.79 Å². The van der Waals surface area contributed by atoms with Gasteiger partial charge in [0.25, 0.3) is 0 Å². The zero-order chi connectivity index (χ0) is 19.2. The number of rotatable bonds is 6. The third-order valence-electron chi connectivity index (χ3n) is 4.81. The fourth-order valence-corrected chi connectivity index (χ4v) is 3.26. The molecular formula is C21H22N6O. The Bertz CT molecular complexity index is 897. The van der Waals surface area contributed by atoms with Crippen molar-refractivity contribution in [2.45, 2.75) is 6.54 Å². The molecule has 1 aliphatic rings. The van der Waals surface area contributed by atoms with Gasteiger partial charge in [-0.05, 0) is 17.7 Å². The molecule has 2 aromatic carbocycles. The number of nitrogens with zero attached hydrogens (tertiary/aromatic N) is 6. The molecule has 2 heterocycles. The molecule has 0 atom stereocenters.